The monoisotopic (exact) mass is 184 g/mol. The molecule has 0 heterocycles. The Labute approximate surface area is 77.5 Å². The van der Waals surface area contributed by atoms with Gasteiger partial charge in [0, 0.05) is 23.8 Å². The van der Waals surface area contributed by atoms with Crippen molar-refractivity contribution in [3.8, 4) is 0 Å². The van der Waals surface area contributed by atoms with Gasteiger partial charge in [0.1, 0.15) is 0 Å². The van der Waals surface area contributed by atoms with Gasteiger partial charge < -0.3 is 21.9 Å². The smallest absolute Gasteiger partial charge is 0.0746 e. The zero-order chi connectivity index (χ0) is 10.3. The summed E-state index contributed by atoms with van der Waals surface area (Å²) in [6.07, 6.45) is 4.45. The predicted octanol–water partition coefficient (Wildman–Crippen LogP) is -1.59. The molecule has 0 bridgehead atoms. The van der Waals surface area contributed by atoms with Crippen LogP contribution in [0.1, 0.15) is 0 Å². The summed E-state index contributed by atoms with van der Waals surface area (Å²) in [5, 5.41) is 1.33. The molecular weight excluding hydrogens is 168 g/mol. The van der Waals surface area contributed by atoms with E-state index in [1.165, 1.54) is 23.5 Å². The van der Waals surface area contributed by atoms with Crippen molar-refractivity contribution in [2.75, 3.05) is 6.54 Å². The summed E-state index contributed by atoms with van der Waals surface area (Å²) in [5.74, 6) is 10.5. The van der Waals surface area contributed by atoms with Crippen LogP contribution in [-0.2, 0) is 0 Å². The second kappa shape index (κ2) is 5.92. The molecule has 0 aromatic rings. The van der Waals surface area contributed by atoms with Gasteiger partial charge in [-0.2, -0.15) is 0 Å². The summed E-state index contributed by atoms with van der Waals surface area (Å²) in [7, 11) is 0. The van der Waals surface area contributed by atoms with E-state index in [0.717, 1.165) is 0 Å². The van der Waals surface area contributed by atoms with Crippen molar-refractivity contribution in [1.29, 1.82) is 0 Å². The molecule has 6 nitrogen and oxygen atoms in total. The topological polar surface area (TPSA) is 119 Å². The molecule has 0 aromatic carbocycles. The molecule has 0 aliphatic rings. The SMILES string of the molecule is C=C/C(N)=C/N(N)C/C(N)=C/NN. The number of hydrogen-bond donors (Lipinski definition) is 5. The molecule has 0 saturated carbocycles. The van der Waals surface area contributed by atoms with Gasteiger partial charge in [0.15, 0.2) is 0 Å². The summed E-state index contributed by atoms with van der Waals surface area (Å²) >= 11 is 0. The van der Waals surface area contributed by atoms with Crippen LogP contribution in [0.25, 0.3) is 0 Å². The zero-order valence-corrected chi connectivity index (χ0v) is 7.40. The quantitative estimate of drug-likeness (QED) is 0.200. The first-order chi connectivity index (χ1) is 6.10. The van der Waals surface area contributed by atoms with Gasteiger partial charge in [0.25, 0.3) is 0 Å². The Kier molecular flexibility index (Phi) is 5.17. The average molecular weight is 184 g/mol. The fourth-order valence-corrected chi connectivity index (χ4v) is 0.653. The van der Waals surface area contributed by atoms with E-state index < -0.39 is 0 Å². The maximum atomic E-state index is 5.52. The Bertz CT molecular complexity index is 219. The van der Waals surface area contributed by atoms with Crippen LogP contribution < -0.4 is 28.6 Å². The molecule has 0 unspecified atom stereocenters. The molecule has 9 N–H and O–H groups in total. The highest BCUT2D eigenvalue weighted by atomic mass is 15.4. The van der Waals surface area contributed by atoms with Crippen LogP contribution in [0.5, 0.6) is 0 Å². The van der Waals surface area contributed by atoms with Crippen molar-refractivity contribution in [2.24, 2.45) is 23.2 Å². The second-order valence-electron chi connectivity index (χ2n) is 2.39. The number of hydrazine groups is 2. The third-order valence-corrected chi connectivity index (χ3v) is 1.18. The second-order valence-corrected chi connectivity index (χ2v) is 2.39. The number of allylic oxidation sites excluding steroid dienone is 1. The fraction of sp³-hybridized carbons (Fsp3) is 0.143. The Balaban J connectivity index is 4.08. The van der Waals surface area contributed by atoms with Gasteiger partial charge in [0.2, 0.25) is 0 Å². The van der Waals surface area contributed by atoms with Gasteiger partial charge in [-0.3, -0.25) is 5.84 Å². The molecule has 0 aliphatic heterocycles. The molecule has 0 spiro atoms. The molecule has 6 heteroatoms. The van der Waals surface area contributed by atoms with Crippen LogP contribution in [-0.4, -0.2) is 11.6 Å². The van der Waals surface area contributed by atoms with Crippen molar-refractivity contribution < 1.29 is 0 Å². The lowest BCUT2D eigenvalue weighted by Gasteiger charge is -2.13. The molecule has 0 atom stereocenters. The van der Waals surface area contributed by atoms with E-state index in [1.807, 2.05) is 0 Å². The van der Waals surface area contributed by atoms with Gasteiger partial charge in [-0.1, -0.05) is 6.58 Å². The fourth-order valence-electron chi connectivity index (χ4n) is 0.653. The first kappa shape index (κ1) is 11.3. The minimum atomic E-state index is 0.332. The number of nitrogens with zero attached hydrogens (tertiary/aromatic N) is 1. The minimum Gasteiger partial charge on any atom is -0.399 e. The van der Waals surface area contributed by atoms with Gasteiger partial charge in [-0.05, 0) is 6.08 Å². The molecule has 0 aliphatic carbocycles. The Morgan fingerprint density at radius 3 is 2.54 bits per heavy atom. The summed E-state index contributed by atoms with van der Waals surface area (Å²) in [4.78, 5) is 0. The van der Waals surface area contributed by atoms with Crippen LogP contribution in [0, 0.1) is 0 Å². The van der Waals surface area contributed by atoms with E-state index in [0.29, 0.717) is 17.9 Å². The lowest BCUT2D eigenvalue weighted by atomic mass is 10.4. The van der Waals surface area contributed by atoms with E-state index in [9.17, 15) is 0 Å². The zero-order valence-electron chi connectivity index (χ0n) is 7.40. The largest absolute Gasteiger partial charge is 0.399 e. The van der Waals surface area contributed by atoms with Crippen LogP contribution in [0.15, 0.2) is 36.4 Å². The average Bonchev–Trinajstić information content (AvgIpc) is 2.04. The molecule has 0 fully saturated rings. The minimum absolute atomic E-state index is 0.332. The van der Waals surface area contributed by atoms with Crippen LogP contribution in [0.2, 0.25) is 0 Å². The summed E-state index contributed by atoms with van der Waals surface area (Å²) in [6, 6.07) is 0. The first-order valence-corrected chi connectivity index (χ1v) is 3.62. The van der Waals surface area contributed by atoms with E-state index in [4.69, 9.17) is 23.2 Å². The molecule has 13 heavy (non-hydrogen) atoms. The Hall–Kier alpha value is -1.66. The van der Waals surface area contributed by atoms with E-state index in [1.54, 1.807) is 0 Å². The van der Waals surface area contributed by atoms with Crippen LogP contribution in [0.3, 0.4) is 0 Å². The molecule has 0 amide bonds. The van der Waals surface area contributed by atoms with E-state index in [2.05, 4.69) is 12.0 Å². The Morgan fingerprint density at radius 2 is 2.08 bits per heavy atom. The lowest BCUT2D eigenvalue weighted by molar-refractivity contribution is 0.422. The number of hydrogen-bond acceptors (Lipinski definition) is 6. The summed E-state index contributed by atoms with van der Waals surface area (Å²) in [6.45, 7) is 3.81. The number of rotatable bonds is 5. The van der Waals surface area contributed by atoms with Crippen molar-refractivity contribution in [1.82, 2.24) is 10.4 Å². The predicted molar refractivity (Wildman–Crippen MR) is 53.0 cm³/mol. The van der Waals surface area contributed by atoms with E-state index in [-0.39, 0.29) is 0 Å². The van der Waals surface area contributed by atoms with Crippen molar-refractivity contribution in [3.05, 3.63) is 36.4 Å². The van der Waals surface area contributed by atoms with Crippen LogP contribution >= 0.6 is 0 Å². The van der Waals surface area contributed by atoms with Crippen LogP contribution in [0.4, 0.5) is 0 Å². The molecule has 74 valence electrons. The maximum Gasteiger partial charge on any atom is 0.0746 e. The molecule has 0 radical (unpaired) electrons. The van der Waals surface area contributed by atoms with Crippen molar-refractivity contribution in [2.45, 2.75) is 0 Å². The number of nitrogens with two attached hydrogens (primary N) is 4. The normalized spacial score (nSPS) is 12.5. The van der Waals surface area contributed by atoms with Gasteiger partial charge in [0.05, 0.1) is 6.54 Å². The summed E-state index contributed by atoms with van der Waals surface area (Å²) < 4.78 is 0. The standard InChI is InChI=1S/C7H16N6/c1-2-6(8)4-13(11)5-7(9)3-12-10/h2-4,12H,1,5,8-11H2/b6-4-,7-3-. The van der Waals surface area contributed by atoms with Gasteiger partial charge in [-0.15, -0.1) is 0 Å². The maximum absolute atomic E-state index is 5.52. The molecule has 0 aromatic heterocycles. The lowest BCUT2D eigenvalue weighted by Crippen LogP contribution is -2.31. The number of nitrogens with one attached hydrogen (secondary N) is 1. The summed E-state index contributed by atoms with van der Waals surface area (Å²) in [5.41, 5.74) is 14.2. The third kappa shape index (κ3) is 5.59. The third-order valence-electron chi connectivity index (χ3n) is 1.18. The van der Waals surface area contributed by atoms with Gasteiger partial charge in [-0.25, -0.2) is 5.84 Å². The highest BCUT2D eigenvalue weighted by Crippen LogP contribution is 1.90. The molecule has 0 rings (SSSR count). The molecule has 0 saturated heterocycles. The molecular formula is C7H16N6. The highest BCUT2D eigenvalue weighted by molar-refractivity contribution is 5.11. The highest BCUT2D eigenvalue weighted by Gasteiger charge is 1.95. The Morgan fingerprint density at radius 1 is 1.46 bits per heavy atom. The van der Waals surface area contributed by atoms with Crippen molar-refractivity contribution >= 4 is 0 Å². The van der Waals surface area contributed by atoms with Gasteiger partial charge >= 0.3 is 0 Å². The van der Waals surface area contributed by atoms with Crippen molar-refractivity contribution in [3.63, 3.8) is 0 Å². The first-order valence-electron chi connectivity index (χ1n) is 3.62. The van der Waals surface area contributed by atoms with E-state index >= 15 is 0 Å².